The molecule has 20 heavy (non-hydrogen) atoms. The number of amides is 1. The number of aryl methyl sites for hydroxylation is 1. The third kappa shape index (κ3) is 2.83. The number of aromatic hydroxyl groups is 1. The predicted octanol–water partition coefficient (Wildman–Crippen LogP) is 2.54. The van der Waals surface area contributed by atoms with E-state index in [4.69, 9.17) is 10.5 Å². The van der Waals surface area contributed by atoms with Gasteiger partial charge in [0, 0.05) is 11.3 Å². The van der Waals surface area contributed by atoms with Gasteiger partial charge in [-0.2, -0.15) is 0 Å². The van der Waals surface area contributed by atoms with Crippen molar-refractivity contribution in [2.24, 2.45) is 0 Å². The van der Waals surface area contributed by atoms with E-state index in [1.54, 1.807) is 37.3 Å². The molecule has 1 amide bonds. The third-order valence-corrected chi connectivity index (χ3v) is 2.95. The van der Waals surface area contributed by atoms with Gasteiger partial charge in [-0.05, 0) is 48.9 Å². The fourth-order valence-corrected chi connectivity index (χ4v) is 1.81. The molecule has 0 radical (unpaired) electrons. The van der Waals surface area contributed by atoms with Crippen LogP contribution >= 0.6 is 0 Å². The fourth-order valence-electron chi connectivity index (χ4n) is 1.81. The van der Waals surface area contributed by atoms with Crippen molar-refractivity contribution >= 4 is 17.3 Å². The molecule has 4 N–H and O–H groups in total. The first-order valence-corrected chi connectivity index (χ1v) is 6.05. The summed E-state index contributed by atoms with van der Waals surface area (Å²) >= 11 is 0. The molecule has 104 valence electrons. The van der Waals surface area contributed by atoms with Crippen LogP contribution in [0, 0.1) is 6.92 Å². The van der Waals surface area contributed by atoms with Gasteiger partial charge in [0.2, 0.25) is 0 Å². The largest absolute Gasteiger partial charge is 0.508 e. The topological polar surface area (TPSA) is 84.6 Å². The van der Waals surface area contributed by atoms with Crippen molar-refractivity contribution in [3.8, 4) is 11.5 Å². The summed E-state index contributed by atoms with van der Waals surface area (Å²) in [4.78, 5) is 12.1. The summed E-state index contributed by atoms with van der Waals surface area (Å²) in [5.41, 5.74) is 7.93. The molecule has 5 nitrogen and oxygen atoms in total. The van der Waals surface area contributed by atoms with E-state index < -0.39 is 0 Å². The van der Waals surface area contributed by atoms with E-state index in [9.17, 15) is 9.90 Å². The zero-order valence-corrected chi connectivity index (χ0v) is 11.3. The monoisotopic (exact) mass is 272 g/mol. The summed E-state index contributed by atoms with van der Waals surface area (Å²) in [5.74, 6) is 0.455. The summed E-state index contributed by atoms with van der Waals surface area (Å²) in [5, 5.41) is 12.2. The van der Waals surface area contributed by atoms with Gasteiger partial charge in [0.1, 0.15) is 11.5 Å². The lowest BCUT2D eigenvalue weighted by atomic mass is 10.1. The van der Waals surface area contributed by atoms with Crippen LogP contribution in [-0.4, -0.2) is 18.1 Å². The van der Waals surface area contributed by atoms with Crippen molar-refractivity contribution in [3.05, 3.63) is 47.5 Å². The average Bonchev–Trinajstić information content (AvgIpc) is 2.42. The molecule has 0 spiro atoms. The standard InChI is InChI=1S/C15H16N2O3/c1-9-7-10(3-5-13(9)18)15(19)17-11-4-6-14(20-2)12(16)8-11/h3-8,18H,16H2,1-2H3,(H,17,19). The Labute approximate surface area is 117 Å². The number of hydrogen-bond donors (Lipinski definition) is 3. The number of carbonyl (C=O) groups is 1. The summed E-state index contributed by atoms with van der Waals surface area (Å²) < 4.78 is 5.05. The number of methoxy groups -OCH3 is 1. The number of phenols is 1. The molecule has 0 atom stereocenters. The molecule has 0 bridgehead atoms. The summed E-state index contributed by atoms with van der Waals surface area (Å²) in [6, 6.07) is 9.70. The van der Waals surface area contributed by atoms with Crippen molar-refractivity contribution in [1.29, 1.82) is 0 Å². The van der Waals surface area contributed by atoms with E-state index in [1.165, 1.54) is 13.2 Å². The Bertz CT molecular complexity index is 654. The summed E-state index contributed by atoms with van der Waals surface area (Å²) in [6.45, 7) is 1.73. The molecule has 0 unspecified atom stereocenters. The summed E-state index contributed by atoms with van der Waals surface area (Å²) in [7, 11) is 1.53. The Morgan fingerprint density at radius 2 is 2.00 bits per heavy atom. The van der Waals surface area contributed by atoms with Crippen molar-refractivity contribution in [1.82, 2.24) is 0 Å². The highest BCUT2D eigenvalue weighted by atomic mass is 16.5. The fraction of sp³-hybridized carbons (Fsp3) is 0.133. The maximum absolute atomic E-state index is 12.1. The number of nitrogens with one attached hydrogen (secondary N) is 1. The number of ether oxygens (including phenoxy) is 1. The van der Waals surface area contributed by atoms with E-state index in [2.05, 4.69) is 5.32 Å². The van der Waals surface area contributed by atoms with Gasteiger partial charge in [-0.1, -0.05) is 0 Å². The highest BCUT2D eigenvalue weighted by molar-refractivity contribution is 6.04. The Kier molecular flexibility index (Phi) is 3.79. The van der Waals surface area contributed by atoms with Gasteiger partial charge >= 0.3 is 0 Å². The molecule has 0 saturated carbocycles. The molecule has 0 aromatic heterocycles. The molecule has 2 aromatic rings. The molecule has 0 fully saturated rings. The van der Waals surface area contributed by atoms with Crippen LogP contribution < -0.4 is 15.8 Å². The van der Waals surface area contributed by atoms with Gasteiger partial charge in [-0.3, -0.25) is 4.79 Å². The Morgan fingerprint density at radius 3 is 2.60 bits per heavy atom. The van der Waals surface area contributed by atoms with Gasteiger partial charge in [-0.25, -0.2) is 0 Å². The number of hydrogen-bond acceptors (Lipinski definition) is 4. The van der Waals surface area contributed by atoms with Crippen LogP contribution in [0.4, 0.5) is 11.4 Å². The molecule has 0 aliphatic heterocycles. The van der Waals surface area contributed by atoms with Crippen LogP contribution in [-0.2, 0) is 0 Å². The smallest absolute Gasteiger partial charge is 0.255 e. The first-order chi connectivity index (χ1) is 9.51. The minimum atomic E-state index is -0.266. The van der Waals surface area contributed by atoms with E-state index >= 15 is 0 Å². The number of anilines is 2. The Morgan fingerprint density at radius 1 is 1.25 bits per heavy atom. The normalized spacial score (nSPS) is 10.1. The molecular weight excluding hydrogens is 256 g/mol. The number of phenolic OH excluding ortho intramolecular Hbond substituents is 1. The summed E-state index contributed by atoms with van der Waals surface area (Å²) in [6.07, 6.45) is 0. The van der Waals surface area contributed by atoms with Crippen molar-refractivity contribution in [3.63, 3.8) is 0 Å². The lowest BCUT2D eigenvalue weighted by Crippen LogP contribution is -2.12. The molecule has 0 aliphatic carbocycles. The van der Waals surface area contributed by atoms with Crippen LogP contribution in [0.2, 0.25) is 0 Å². The van der Waals surface area contributed by atoms with Crippen LogP contribution in [0.5, 0.6) is 11.5 Å². The lowest BCUT2D eigenvalue weighted by molar-refractivity contribution is 0.102. The Hall–Kier alpha value is -2.69. The molecule has 0 aliphatic rings. The number of carbonyl (C=O) groups excluding carboxylic acids is 1. The number of nitrogens with two attached hydrogens (primary N) is 1. The minimum absolute atomic E-state index is 0.162. The van der Waals surface area contributed by atoms with E-state index in [1.807, 2.05) is 0 Å². The molecule has 2 rings (SSSR count). The first kappa shape index (κ1) is 13.7. The third-order valence-electron chi connectivity index (χ3n) is 2.95. The number of benzene rings is 2. The van der Waals surface area contributed by atoms with Gasteiger partial charge in [0.05, 0.1) is 12.8 Å². The van der Waals surface area contributed by atoms with E-state index in [0.29, 0.717) is 28.3 Å². The second-order valence-electron chi connectivity index (χ2n) is 4.41. The van der Waals surface area contributed by atoms with Crippen molar-refractivity contribution < 1.29 is 14.6 Å². The average molecular weight is 272 g/mol. The number of nitrogen functional groups attached to an aromatic ring is 1. The van der Waals surface area contributed by atoms with Crippen LogP contribution in [0.1, 0.15) is 15.9 Å². The maximum Gasteiger partial charge on any atom is 0.255 e. The van der Waals surface area contributed by atoms with Crippen LogP contribution in [0.3, 0.4) is 0 Å². The van der Waals surface area contributed by atoms with Gasteiger partial charge < -0.3 is 20.9 Å². The second-order valence-corrected chi connectivity index (χ2v) is 4.41. The van der Waals surface area contributed by atoms with Crippen molar-refractivity contribution in [2.45, 2.75) is 6.92 Å². The van der Waals surface area contributed by atoms with E-state index in [-0.39, 0.29) is 11.7 Å². The van der Waals surface area contributed by atoms with Crippen molar-refractivity contribution in [2.75, 3.05) is 18.2 Å². The van der Waals surface area contributed by atoms with Gasteiger partial charge in [0.15, 0.2) is 0 Å². The molecule has 5 heteroatoms. The second kappa shape index (κ2) is 5.52. The molecular formula is C15H16N2O3. The predicted molar refractivity (Wildman–Crippen MR) is 78.2 cm³/mol. The zero-order valence-electron chi connectivity index (χ0n) is 11.3. The van der Waals surface area contributed by atoms with Gasteiger partial charge in [0.25, 0.3) is 5.91 Å². The number of rotatable bonds is 3. The minimum Gasteiger partial charge on any atom is -0.508 e. The quantitative estimate of drug-likeness (QED) is 0.750. The van der Waals surface area contributed by atoms with Crippen LogP contribution in [0.25, 0.3) is 0 Å². The highest BCUT2D eigenvalue weighted by Gasteiger charge is 2.09. The highest BCUT2D eigenvalue weighted by Crippen LogP contribution is 2.25. The zero-order chi connectivity index (χ0) is 14.7. The van der Waals surface area contributed by atoms with Crippen LogP contribution in [0.15, 0.2) is 36.4 Å². The van der Waals surface area contributed by atoms with E-state index in [0.717, 1.165) is 0 Å². The lowest BCUT2D eigenvalue weighted by Gasteiger charge is -2.09. The van der Waals surface area contributed by atoms with Gasteiger partial charge in [-0.15, -0.1) is 0 Å². The Balaban J connectivity index is 2.19. The molecule has 0 saturated heterocycles. The first-order valence-electron chi connectivity index (χ1n) is 6.05. The molecule has 2 aromatic carbocycles. The molecule has 0 heterocycles. The SMILES string of the molecule is COc1ccc(NC(=O)c2ccc(O)c(C)c2)cc1N. The maximum atomic E-state index is 12.1.